The van der Waals surface area contributed by atoms with E-state index in [1.165, 1.54) is 0 Å². The molecule has 1 aliphatic carbocycles. The number of amides is 1. The van der Waals surface area contributed by atoms with Crippen molar-refractivity contribution in [2.45, 2.75) is 37.8 Å². The number of aromatic nitrogens is 1. The number of nitrogens with two attached hydrogens (primary N) is 1. The van der Waals surface area contributed by atoms with Gasteiger partial charge in [-0.05, 0) is 37.8 Å². The fourth-order valence-corrected chi connectivity index (χ4v) is 2.80. The number of pyridine rings is 1. The van der Waals surface area contributed by atoms with E-state index in [0.717, 1.165) is 31.1 Å². The first-order chi connectivity index (χ1) is 10.1. The van der Waals surface area contributed by atoms with Gasteiger partial charge in [0.25, 0.3) is 5.91 Å². The number of carbonyl (C=O) groups is 1. The van der Waals surface area contributed by atoms with E-state index in [-0.39, 0.29) is 29.4 Å². The van der Waals surface area contributed by atoms with E-state index in [0.29, 0.717) is 5.52 Å². The number of carbonyl (C=O) groups excluding carboxylic acids is 1. The maximum atomic E-state index is 12.3. The predicted octanol–water partition coefficient (Wildman–Crippen LogP) is 1.94. The fourth-order valence-electron chi connectivity index (χ4n) is 2.80. The molecular formula is C16H19N3O2. The van der Waals surface area contributed by atoms with E-state index in [4.69, 9.17) is 5.73 Å². The van der Waals surface area contributed by atoms with Crippen LogP contribution in [-0.2, 0) is 0 Å². The Morgan fingerprint density at radius 2 is 1.95 bits per heavy atom. The van der Waals surface area contributed by atoms with Gasteiger partial charge in [0.1, 0.15) is 5.56 Å². The number of aromatic hydroxyl groups is 1. The molecular weight excluding hydrogens is 266 g/mol. The lowest BCUT2D eigenvalue weighted by molar-refractivity contribution is 0.0922. The summed E-state index contributed by atoms with van der Waals surface area (Å²) in [5, 5.41) is 13.8. The molecule has 1 aliphatic rings. The first-order valence-corrected chi connectivity index (χ1v) is 7.28. The van der Waals surface area contributed by atoms with Crippen LogP contribution in [0.5, 0.6) is 5.88 Å². The van der Waals surface area contributed by atoms with Gasteiger partial charge in [-0.3, -0.25) is 4.79 Å². The molecule has 0 spiro atoms. The minimum absolute atomic E-state index is 0.128. The molecule has 1 heterocycles. The number of hydrogen-bond donors (Lipinski definition) is 3. The van der Waals surface area contributed by atoms with Gasteiger partial charge in [-0.25, -0.2) is 4.98 Å². The molecule has 2 aromatic rings. The third-order valence-electron chi connectivity index (χ3n) is 4.06. The second-order valence-electron chi connectivity index (χ2n) is 5.64. The molecule has 1 aromatic carbocycles. The van der Waals surface area contributed by atoms with Crippen LogP contribution in [0.1, 0.15) is 36.0 Å². The molecule has 0 unspecified atom stereocenters. The SMILES string of the molecule is NC1CCC(NC(=O)c2cc3ccccc3nc2O)CC1. The zero-order valence-corrected chi connectivity index (χ0v) is 11.7. The monoisotopic (exact) mass is 285 g/mol. The summed E-state index contributed by atoms with van der Waals surface area (Å²) in [5.74, 6) is -0.495. The van der Waals surface area contributed by atoms with Crippen molar-refractivity contribution >= 4 is 16.8 Å². The lowest BCUT2D eigenvalue weighted by Gasteiger charge is -2.26. The van der Waals surface area contributed by atoms with E-state index >= 15 is 0 Å². The molecule has 0 radical (unpaired) electrons. The van der Waals surface area contributed by atoms with Crippen molar-refractivity contribution in [1.82, 2.24) is 10.3 Å². The number of fused-ring (bicyclic) bond motifs is 1. The topological polar surface area (TPSA) is 88.2 Å². The van der Waals surface area contributed by atoms with Crippen molar-refractivity contribution in [2.24, 2.45) is 5.73 Å². The molecule has 3 rings (SSSR count). The Morgan fingerprint density at radius 1 is 1.24 bits per heavy atom. The van der Waals surface area contributed by atoms with E-state index < -0.39 is 0 Å². The van der Waals surface area contributed by atoms with Gasteiger partial charge in [0.2, 0.25) is 5.88 Å². The van der Waals surface area contributed by atoms with Crippen molar-refractivity contribution in [3.05, 3.63) is 35.9 Å². The molecule has 0 saturated heterocycles. The molecule has 1 fully saturated rings. The molecule has 5 heteroatoms. The maximum Gasteiger partial charge on any atom is 0.257 e. The molecule has 0 aliphatic heterocycles. The van der Waals surface area contributed by atoms with Crippen molar-refractivity contribution in [3.8, 4) is 5.88 Å². The third kappa shape index (κ3) is 2.97. The molecule has 1 aromatic heterocycles. The number of rotatable bonds is 2. The first-order valence-electron chi connectivity index (χ1n) is 7.28. The van der Waals surface area contributed by atoms with Gasteiger partial charge in [0, 0.05) is 17.5 Å². The largest absolute Gasteiger partial charge is 0.493 e. The van der Waals surface area contributed by atoms with Gasteiger partial charge < -0.3 is 16.2 Å². The average Bonchev–Trinajstić information content (AvgIpc) is 2.49. The molecule has 4 N–H and O–H groups in total. The van der Waals surface area contributed by atoms with Gasteiger partial charge in [-0.2, -0.15) is 0 Å². The summed E-state index contributed by atoms with van der Waals surface area (Å²) in [6, 6.07) is 9.46. The Labute approximate surface area is 123 Å². The lowest BCUT2D eigenvalue weighted by Crippen LogP contribution is -2.40. The van der Waals surface area contributed by atoms with Gasteiger partial charge in [0.05, 0.1) is 5.52 Å². The molecule has 21 heavy (non-hydrogen) atoms. The number of benzene rings is 1. The van der Waals surface area contributed by atoms with Gasteiger partial charge in [-0.15, -0.1) is 0 Å². The van der Waals surface area contributed by atoms with Crippen LogP contribution < -0.4 is 11.1 Å². The number of nitrogens with zero attached hydrogens (tertiary/aromatic N) is 1. The van der Waals surface area contributed by atoms with E-state index in [1.807, 2.05) is 18.2 Å². The normalized spacial score (nSPS) is 22.1. The van der Waals surface area contributed by atoms with Crippen molar-refractivity contribution in [1.29, 1.82) is 0 Å². The second kappa shape index (κ2) is 5.69. The summed E-state index contributed by atoms with van der Waals surface area (Å²) >= 11 is 0. The highest BCUT2D eigenvalue weighted by atomic mass is 16.3. The zero-order chi connectivity index (χ0) is 14.8. The third-order valence-corrected chi connectivity index (χ3v) is 4.06. The molecule has 1 saturated carbocycles. The molecule has 0 bridgehead atoms. The summed E-state index contributed by atoms with van der Waals surface area (Å²) in [7, 11) is 0. The van der Waals surface area contributed by atoms with Crippen LogP contribution in [0.2, 0.25) is 0 Å². The highest BCUT2D eigenvalue weighted by Crippen LogP contribution is 2.22. The maximum absolute atomic E-state index is 12.3. The van der Waals surface area contributed by atoms with Crippen LogP contribution in [-0.4, -0.2) is 28.1 Å². The lowest BCUT2D eigenvalue weighted by atomic mass is 9.91. The molecule has 5 nitrogen and oxygen atoms in total. The Bertz CT molecular complexity index is 664. The summed E-state index contributed by atoms with van der Waals surface area (Å²) in [6.07, 6.45) is 3.61. The summed E-state index contributed by atoms with van der Waals surface area (Å²) in [6.45, 7) is 0. The van der Waals surface area contributed by atoms with E-state index in [9.17, 15) is 9.90 Å². The second-order valence-corrected chi connectivity index (χ2v) is 5.64. The number of hydrogen-bond acceptors (Lipinski definition) is 4. The predicted molar refractivity (Wildman–Crippen MR) is 81.1 cm³/mol. The quantitative estimate of drug-likeness (QED) is 0.786. The molecule has 110 valence electrons. The number of nitrogens with one attached hydrogen (secondary N) is 1. The van der Waals surface area contributed by atoms with E-state index in [1.54, 1.807) is 12.1 Å². The summed E-state index contributed by atoms with van der Waals surface area (Å²) in [5.41, 5.74) is 6.76. The van der Waals surface area contributed by atoms with Crippen LogP contribution in [0.15, 0.2) is 30.3 Å². The van der Waals surface area contributed by atoms with Crippen LogP contribution in [0.25, 0.3) is 10.9 Å². The summed E-state index contributed by atoms with van der Waals surface area (Å²) < 4.78 is 0. The Balaban J connectivity index is 1.79. The standard InChI is InChI=1S/C16H19N3O2/c17-11-5-7-12(8-6-11)18-15(20)13-9-10-3-1-2-4-14(10)19-16(13)21/h1-4,9,11-12H,5-8,17H2,(H,18,20)(H,19,21). The summed E-state index contributed by atoms with van der Waals surface area (Å²) in [4.78, 5) is 16.4. The molecule has 0 atom stereocenters. The smallest absolute Gasteiger partial charge is 0.257 e. The van der Waals surface area contributed by atoms with Gasteiger partial charge in [0.15, 0.2) is 0 Å². The van der Waals surface area contributed by atoms with Crippen molar-refractivity contribution in [2.75, 3.05) is 0 Å². The highest BCUT2D eigenvalue weighted by molar-refractivity contribution is 5.99. The average molecular weight is 285 g/mol. The Morgan fingerprint density at radius 3 is 2.71 bits per heavy atom. The van der Waals surface area contributed by atoms with Crippen molar-refractivity contribution < 1.29 is 9.90 Å². The fraction of sp³-hybridized carbons (Fsp3) is 0.375. The highest BCUT2D eigenvalue weighted by Gasteiger charge is 2.22. The minimum Gasteiger partial charge on any atom is -0.493 e. The minimum atomic E-state index is -0.272. The Kier molecular flexibility index (Phi) is 3.75. The Hall–Kier alpha value is -2.14. The first kappa shape index (κ1) is 13.8. The van der Waals surface area contributed by atoms with Crippen LogP contribution in [0.4, 0.5) is 0 Å². The number of para-hydroxylation sites is 1. The van der Waals surface area contributed by atoms with Crippen LogP contribution in [0, 0.1) is 0 Å². The van der Waals surface area contributed by atoms with E-state index in [2.05, 4.69) is 10.3 Å². The molecule has 1 amide bonds. The van der Waals surface area contributed by atoms with Gasteiger partial charge in [-0.1, -0.05) is 18.2 Å². The van der Waals surface area contributed by atoms with Gasteiger partial charge >= 0.3 is 0 Å². The van der Waals surface area contributed by atoms with Crippen LogP contribution >= 0.6 is 0 Å². The van der Waals surface area contributed by atoms with Crippen molar-refractivity contribution in [3.63, 3.8) is 0 Å². The zero-order valence-electron chi connectivity index (χ0n) is 11.7. The van der Waals surface area contributed by atoms with Crippen LogP contribution in [0.3, 0.4) is 0 Å².